The van der Waals surface area contributed by atoms with Crippen molar-refractivity contribution in [2.24, 2.45) is 0 Å². The highest BCUT2D eigenvalue weighted by Crippen LogP contribution is 2.34. The van der Waals surface area contributed by atoms with Crippen LogP contribution in [0.1, 0.15) is 36.5 Å². The monoisotopic (exact) mass is 418 g/mol. The number of amides is 1. The Hall–Kier alpha value is -3.05. The summed E-state index contributed by atoms with van der Waals surface area (Å²) < 4.78 is 14.3. The first-order chi connectivity index (χ1) is 14.5. The van der Waals surface area contributed by atoms with Gasteiger partial charge in [-0.1, -0.05) is 79.8 Å². The van der Waals surface area contributed by atoms with E-state index in [2.05, 4.69) is 19.9 Å². The topological polar surface area (TPSA) is 33.2 Å². The Morgan fingerprint density at radius 3 is 2.40 bits per heavy atom. The fourth-order valence-corrected chi connectivity index (χ4v) is 4.46. The molecular weight excluding hydrogens is 395 g/mol. The van der Waals surface area contributed by atoms with Crippen LogP contribution in [-0.2, 0) is 17.8 Å². The molecule has 4 rings (SSSR count). The van der Waals surface area contributed by atoms with Crippen molar-refractivity contribution < 1.29 is 9.18 Å². The van der Waals surface area contributed by atoms with Crippen LogP contribution in [0.4, 0.5) is 9.52 Å². The number of nitrogens with zero attached hydrogens (tertiary/aromatic N) is 2. The van der Waals surface area contributed by atoms with Gasteiger partial charge in [0, 0.05) is 0 Å². The molecule has 0 unspecified atom stereocenters. The maximum Gasteiger partial charge on any atom is 0.233 e. The number of thiazole rings is 1. The van der Waals surface area contributed by atoms with Crippen molar-refractivity contribution in [3.8, 4) is 0 Å². The summed E-state index contributed by atoms with van der Waals surface area (Å²) in [5.74, 6) is -0.0171. The zero-order valence-corrected chi connectivity index (χ0v) is 17.8. The predicted molar refractivity (Wildman–Crippen MR) is 121 cm³/mol. The summed E-state index contributed by atoms with van der Waals surface area (Å²) in [7, 11) is 0. The highest BCUT2D eigenvalue weighted by Gasteiger charge is 2.22. The van der Waals surface area contributed by atoms with Crippen LogP contribution in [-0.4, -0.2) is 10.9 Å². The van der Waals surface area contributed by atoms with Gasteiger partial charge in [-0.05, 0) is 40.8 Å². The lowest BCUT2D eigenvalue weighted by molar-refractivity contribution is -0.118. The maximum atomic E-state index is 13.3. The summed E-state index contributed by atoms with van der Waals surface area (Å²) in [4.78, 5) is 19.9. The number of benzene rings is 3. The molecule has 0 atom stereocenters. The van der Waals surface area contributed by atoms with Crippen LogP contribution in [0.5, 0.6) is 0 Å². The number of rotatable bonds is 6. The fourth-order valence-electron chi connectivity index (χ4n) is 3.44. The summed E-state index contributed by atoms with van der Waals surface area (Å²) in [6, 6.07) is 22.2. The van der Waals surface area contributed by atoms with E-state index in [1.807, 2.05) is 42.5 Å². The lowest BCUT2D eigenvalue weighted by Crippen LogP contribution is -2.31. The standard InChI is InChI=1S/C25H23FN2OS/c1-17(2)21-9-6-10-22-24(21)27-25(30-22)28(16-19-7-4-3-5-8-19)23(29)15-18-11-13-20(26)14-12-18/h3-14,17H,15-16H2,1-2H3. The number of para-hydroxylation sites is 1. The Morgan fingerprint density at radius 2 is 1.70 bits per heavy atom. The summed E-state index contributed by atoms with van der Waals surface area (Å²) in [6.07, 6.45) is 0.195. The summed E-state index contributed by atoms with van der Waals surface area (Å²) in [5.41, 5.74) is 3.96. The van der Waals surface area contributed by atoms with E-state index in [4.69, 9.17) is 4.98 Å². The van der Waals surface area contributed by atoms with Gasteiger partial charge in [0.1, 0.15) is 5.82 Å². The molecule has 1 amide bonds. The van der Waals surface area contributed by atoms with E-state index in [-0.39, 0.29) is 18.1 Å². The van der Waals surface area contributed by atoms with E-state index in [0.717, 1.165) is 21.3 Å². The van der Waals surface area contributed by atoms with E-state index in [1.54, 1.807) is 17.0 Å². The minimum Gasteiger partial charge on any atom is -0.283 e. The molecule has 0 aliphatic rings. The number of fused-ring (bicyclic) bond motifs is 1. The number of anilines is 1. The van der Waals surface area contributed by atoms with Gasteiger partial charge in [0.15, 0.2) is 5.13 Å². The second kappa shape index (κ2) is 8.76. The maximum absolute atomic E-state index is 13.3. The third kappa shape index (κ3) is 4.41. The van der Waals surface area contributed by atoms with Crippen molar-refractivity contribution in [3.63, 3.8) is 0 Å². The van der Waals surface area contributed by atoms with Crippen molar-refractivity contribution in [1.82, 2.24) is 4.98 Å². The third-order valence-corrected chi connectivity index (χ3v) is 6.09. The molecule has 0 spiro atoms. The molecule has 3 aromatic carbocycles. The highest BCUT2D eigenvalue weighted by atomic mass is 32.1. The summed E-state index contributed by atoms with van der Waals surface area (Å²) in [6.45, 7) is 4.74. The normalized spacial score (nSPS) is 11.2. The van der Waals surface area contributed by atoms with E-state index >= 15 is 0 Å². The Bertz CT molecular complexity index is 1150. The van der Waals surface area contributed by atoms with Crippen LogP contribution >= 0.6 is 11.3 Å². The average molecular weight is 419 g/mol. The van der Waals surface area contributed by atoms with Crippen LogP contribution in [0.25, 0.3) is 10.2 Å². The average Bonchev–Trinajstić information content (AvgIpc) is 3.18. The molecule has 3 nitrogen and oxygen atoms in total. The smallest absolute Gasteiger partial charge is 0.233 e. The van der Waals surface area contributed by atoms with E-state index in [0.29, 0.717) is 17.6 Å². The van der Waals surface area contributed by atoms with Gasteiger partial charge in [0.2, 0.25) is 5.91 Å². The number of hydrogen-bond acceptors (Lipinski definition) is 3. The molecule has 0 radical (unpaired) electrons. The number of hydrogen-bond donors (Lipinski definition) is 0. The second-order valence-electron chi connectivity index (χ2n) is 7.61. The van der Waals surface area contributed by atoms with Crippen molar-refractivity contribution >= 4 is 32.6 Å². The molecule has 5 heteroatoms. The number of carbonyl (C=O) groups is 1. The molecule has 30 heavy (non-hydrogen) atoms. The van der Waals surface area contributed by atoms with Crippen LogP contribution in [0.2, 0.25) is 0 Å². The minimum absolute atomic E-state index is 0.0596. The quantitative estimate of drug-likeness (QED) is 0.366. The highest BCUT2D eigenvalue weighted by molar-refractivity contribution is 7.22. The van der Waals surface area contributed by atoms with Crippen molar-refractivity contribution in [2.45, 2.75) is 32.7 Å². The molecule has 0 saturated carbocycles. The first-order valence-electron chi connectivity index (χ1n) is 9.99. The van der Waals surface area contributed by atoms with Crippen molar-refractivity contribution in [2.75, 3.05) is 4.90 Å². The van der Waals surface area contributed by atoms with E-state index < -0.39 is 0 Å². The molecular formula is C25H23FN2OS. The Balaban J connectivity index is 1.71. The fraction of sp³-hybridized carbons (Fsp3) is 0.200. The van der Waals surface area contributed by atoms with Crippen LogP contribution in [0.3, 0.4) is 0 Å². The van der Waals surface area contributed by atoms with Gasteiger partial charge < -0.3 is 0 Å². The van der Waals surface area contributed by atoms with Crippen LogP contribution < -0.4 is 4.90 Å². The molecule has 0 saturated heterocycles. The molecule has 152 valence electrons. The minimum atomic E-state index is -0.306. The molecule has 4 aromatic rings. The Labute approximate surface area is 179 Å². The van der Waals surface area contributed by atoms with Gasteiger partial charge in [0.25, 0.3) is 0 Å². The number of halogens is 1. The SMILES string of the molecule is CC(C)c1cccc2sc(N(Cc3ccccc3)C(=O)Cc3ccc(F)cc3)nc12. The van der Waals surface area contributed by atoms with Gasteiger partial charge in [-0.2, -0.15) is 0 Å². The van der Waals surface area contributed by atoms with Gasteiger partial charge in [0.05, 0.1) is 23.2 Å². The third-order valence-electron chi connectivity index (χ3n) is 5.04. The van der Waals surface area contributed by atoms with E-state index in [1.165, 1.54) is 29.0 Å². The van der Waals surface area contributed by atoms with Crippen molar-refractivity contribution in [3.05, 3.63) is 95.3 Å². The van der Waals surface area contributed by atoms with Gasteiger partial charge in [-0.25, -0.2) is 9.37 Å². The summed E-state index contributed by atoms with van der Waals surface area (Å²) >= 11 is 1.53. The lowest BCUT2D eigenvalue weighted by Gasteiger charge is -2.20. The first-order valence-corrected chi connectivity index (χ1v) is 10.8. The first kappa shape index (κ1) is 20.2. The molecule has 1 aromatic heterocycles. The molecule has 0 N–H and O–H groups in total. The molecule has 0 aliphatic heterocycles. The number of carbonyl (C=O) groups excluding carboxylic acids is 1. The zero-order chi connectivity index (χ0) is 21.1. The molecule has 1 heterocycles. The molecule has 0 fully saturated rings. The van der Waals surface area contributed by atoms with Crippen molar-refractivity contribution in [1.29, 1.82) is 0 Å². The predicted octanol–water partition coefficient (Wildman–Crippen LogP) is 6.33. The summed E-state index contributed by atoms with van der Waals surface area (Å²) in [5, 5.41) is 0.689. The number of aromatic nitrogens is 1. The van der Waals surface area contributed by atoms with Crippen LogP contribution in [0.15, 0.2) is 72.8 Å². The zero-order valence-electron chi connectivity index (χ0n) is 17.0. The van der Waals surface area contributed by atoms with Gasteiger partial charge in [-0.3, -0.25) is 9.69 Å². The largest absolute Gasteiger partial charge is 0.283 e. The lowest BCUT2D eigenvalue weighted by atomic mass is 10.0. The van der Waals surface area contributed by atoms with E-state index in [9.17, 15) is 9.18 Å². The van der Waals surface area contributed by atoms with Gasteiger partial charge in [-0.15, -0.1) is 0 Å². The second-order valence-corrected chi connectivity index (χ2v) is 8.62. The molecule has 0 bridgehead atoms. The van der Waals surface area contributed by atoms with Gasteiger partial charge >= 0.3 is 0 Å². The Kier molecular flexibility index (Phi) is 5.91. The Morgan fingerprint density at radius 1 is 0.967 bits per heavy atom. The molecule has 0 aliphatic carbocycles. The van der Waals surface area contributed by atoms with Crippen LogP contribution in [0, 0.1) is 5.82 Å².